The molecule has 6 aromatic heterocycles. The molecule has 0 fully saturated rings. The number of pyridine rings is 2. The van der Waals surface area contributed by atoms with E-state index in [0.717, 1.165) is 17.3 Å². The summed E-state index contributed by atoms with van der Waals surface area (Å²) in [4.78, 5) is 50.2. The van der Waals surface area contributed by atoms with Gasteiger partial charge in [-0.05, 0) is 51.0 Å². The number of ether oxygens (including phenoxy) is 2. The number of amides is 2. The normalized spacial score (nSPS) is 11.2. The van der Waals surface area contributed by atoms with Crippen molar-refractivity contribution >= 4 is 68.9 Å². The third kappa shape index (κ3) is 10.2. The molecule has 0 atom stereocenters. The zero-order valence-electron chi connectivity index (χ0n) is 36.4. The minimum absolute atomic E-state index is 0.0308. The third-order valence-electron chi connectivity index (χ3n) is 9.52. The molecule has 20 nitrogen and oxygen atoms in total. The Bertz CT molecular complexity index is 3120. The first-order chi connectivity index (χ1) is 31.9. The average Bonchev–Trinajstić information content (AvgIpc) is 3.80. The summed E-state index contributed by atoms with van der Waals surface area (Å²) in [7, 11) is 1.42. The average molecular weight is 923 g/mol. The molecule has 0 saturated carbocycles. The molecular formula is C43H42F4N16O4. The van der Waals surface area contributed by atoms with E-state index < -0.39 is 35.5 Å². The Morgan fingerprint density at radius 1 is 0.657 bits per heavy atom. The molecule has 8 rings (SSSR count). The van der Waals surface area contributed by atoms with Crippen molar-refractivity contribution in [1.29, 1.82) is 0 Å². The predicted molar refractivity (Wildman–Crippen MR) is 240 cm³/mol. The van der Waals surface area contributed by atoms with E-state index in [4.69, 9.17) is 32.4 Å². The predicted octanol–water partition coefficient (Wildman–Crippen LogP) is 6.43. The molecule has 8 aromatic rings. The van der Waals surface area contributed by atoms with E-state index in [1.54, 1.807) is 64.1 Å². The fourth-order valence-electron chi connectivity index (χ4n) is 6.60. The largest absolute Gasteiger partial charge is 0.447 e. The molecule has 0 saturated heterocycles. The van der Waals surface area contributed by atoms with Gasteiger partial charge in [-0.15, -0.1) is 0 Å². The summed E-state index contributed by atoms with van der Waals surface area (Å²) >= 11 is 0. The van der Waals surface area contributed by atoms with Crippen LogP contribution in [0.3, 0.4) is 0 Å². The number of nitrogens with zero attached hydrogens (tertiary/aromatic N) is 11. The highest BCUT2D eigenvalue weighted by Gasteiger charge is 2.25. The maximum atomic E-state index is 14.2. The number of hydrogen-bond donors (Lipinski definition) is 5. The maximum absolute atomic E-state index is 14.2. The molecule has 0 aliphatic carbocycles. The van der Waals surface area contributed by atoms with Crippen molar-refractivity contribution in [2.45, 2.75) is 52.7 Å². The van der Waals surface area contributed by atoms with Crippen LogP contribution in [0.5, 0.6) is 0 Å². The van der Waals surface area contributed by atoms with E-state index in [-0.39, 0.29) is 82.6 Å². The van der Waals surface area contributed by atoms with Crippen LogP contribution in [0.2, 0.25) is 0 Å². The first-order valence-corrected chi connectivity index (χ1v) is 20.2. The van der Waals surface area contributed by atoms with E-state index in [9.17, 15) is 27.2 Å². The molecule has 0 aliphatic rings. The Hall–Kier alpha value is -8.70. The molecule has 2 aromatic carbocycles. The number of benzene rings is 2. The number of anilines is 6. The van der Waals surface area contributed by atoms with E-state index in [1.165, 1.54) is 40.7 Å². The number of fused-ring (bicyclic) bond motifs is 2. The Morgan fingerprint density at radius 2 is 1.07 bits per heavy atom. The minimum atomic E-state index is -0.775. The summed E-state index contributed by atoms with van der Waals surface area (Å²) in [5.74, 6) is -2.72. The van der Waals surface area contributed by atoms with Gasteiger partial charge in [-0.2, -0.15) is 39.5 Å². The summed E-state index contributed by atoms with van der Waals surface area (Å²) in [6, 6.07) is 14.9. The van der Waals surface area contributed by atoms with E-state index in [2.05, 4.69) is 45.4 Å². The van der Waals surface area contributed by atoms with Crippen LogP contribution >= 0.6 is 0 Å². The lowest BCUT2D eigenvalue weighted by atomic mass is 10.1. The molecule has 0 radical (unpaired) electrons. The van der Waals surface area contributed by atoms with Gasteiger partial charge in [0.25, 0.3) is 11.9 Å². The molecule has 2 amide bonds. The number of carbonyl (C=O) groups excluding carboxylic acids is 2. The highest BCUT2D eigenvalue weighted by Crippen LogP contribution is 2.31. The zero-order valence-corrected chi connectivity index (χ0v) is 36.4. The van der Waals surface area contributed by atoms with Gasteiger partial charge in [0.15, 0.2) is 23.3 Å². The molecule has 0 spiro atoms. The Morgan fingerprint density at radius 3 is 1.49 bits per heavy atom. The summed E-state index contributed by atoms with van der Waals surface area (Å²) in [6.07, 6.45) is 0.0940. The van der Waals surface area contributed by atoms with Crippen molar-refractivity contribution in [3.8, 4) is 11.9 Å². The smallest absolute Gasteiger partial charge is 0.414 e. The van der Waals surface area contributed by atoms with Crippen molar-refractivity contribution in [1.82, 2.24) is 49.5 Å². The van der Waals surface area contributed by atoms with Gasteiger partial charge in [0, 0.05) is 32.0 Å². The number of nitrogens with one attached hydrogen (secondary N) is 1. The molecule has 6 heterocycles. The van der Waals surface area contributed by atoms with Crippen LogP contribution in [0.15, 0.2) is 73.1 Å². The lowest BCUT2D eigenvalue weighted by molar-refractivity contribution is 0.123. The van der Waals surface area contributed by atoms with E-state index in [0.29, 0.717) is 33.5 Å². The number of nitrogens with two attached hydrogens (primary N) is 4. The van der Waals surface area contributed by atoms with Crippen LogP contribution in [-0.2, 0) is 22.3 Å². The molecule has 0 unspecified atom stereocenters. The number of aromatic nitrogens is 10. The topological polar surface area (TPSA) is 285 Å². The van der Waals surface area contributed by atoms with Gasteiger partial charge < -0.3 is 32.4 Å². The van der Waals surface area contributed by atoms with Gasteiger partial charge in [0.1, 0.15) is 45.7 Å². The molecule has 0 bridgehead atoms. The Labute approximate surface area is 378 Å². The standard InChI is InChI=1S/C22H22F2N8O2.C21H20F2N8O2/c1-11(2)34-22(33)31(3)18-19(25)28-21(29-20(18)26)32-16-9-13(23)10-27-17(16)15(30-32)8-12-6-4-5-7-14(12)24;1-10(2)33-21(32)27-17-18(24)28-20(29-19(17)25)31-15-8-12(22)9-26-16(15)14(30-31)7-11-5-3-4-6-13(11)23/h4-7,9-11H,8H2,1-3H3,(H4,25,26,28,29);3-6,8-10H,7H2,1-2H3,(H,27,32)(H4,24,25,28,29). The first kappa shape index (κ1) is 46.3. The molecular weight excluding hydrogens is 881 g/mol. The van der Waals surface area contributed by atoms with Gasteiger partial charge in [0.05, 0.1) is 47.0 Å². The number of rotatable bonds is 10. The van der Waals surface area contributed by atoms with Gasteiger partial charge in [-0.3, -0.25) is 10.2 Å². The lowest BCUT2D eigenvalue weighted by Gasteiger charge is -2.21. The monoisotopic (exact) mass is 922 g/mol. The molecule has 67 heavy (non-hydrogen) atoms. The highest BCUT2D eigenvalue weighted by atomic mass is 19.1. The van der Waals surface area contributed by atoms with Crippen molar-refractivity contribution in [3.63, 3.8) is 0 Å². The number of halogens is 4. The zero-order chi connectivity index (χ0) is 48.3. The van der Waals surface area contributed by atoms with Crippen LogP contribution in [0.1, 0.15) is 50.2 Å². The maximum Gasteiger partial charge on any atom is 0.414 e. The second-order valence-electron chi connectivity index (χ2n) is 15.2. The Balaban J connectivity index is 0.000000199. The summed E-state index contributed by atoms with van der Waals surface area (Å²) in [6.45, 7) is 6.77. The van der Waals surface area contributed by atoms with Gasteiger partial charge in [-0.25, -0.2) is 37.1 Å². The lowest BCUT2D eigenvalue weighted by Crippen LogP contribution is -2.31. The van der Waals surface area contributed by atoms with Gasteiger partial charge >= 0.3 is 12.2 Å². The number of carbonyl (C=O) groups is 2. The second-order valence-corrected chi connectivity index (χ2v) is 15.2. The molecule has 346 valence electrons. The van der Waals surface area contributed by atoms with Crippen LogP contribution in [0.25, 0.3) is 34.0 Å². The SMILES string of the molecule is CC(C)OC(=O)N(C)c1c(N)nc(-n2nc(Cc3ccccc3F)c3ncc(F)cc32)nc1N.CC(C)OC(=O)Nc1c(N)nc(-n2nc(Cc3ccccc3F)c3ncc(F)cc32)nc1N. The van der Waals surface area contributed by atoms with Crippen LogP contribution in [-0.4, -0.2) is 80.9 Å². The fourth-order valence-corrected chi connectivity index (χ4v) is 6.60. The summed E-state index contributed by atoms with van der Waals surface area (Å²) < 4.78 is 69.0. The Kier molecular flexibility index (Phi) is 13.3. The van der Waals surface area contributed by atoms with Gasteiger partial charge in [-0.1, -0.05) is 36.4 Å². The molecule has 9 N–H and O–H groups in total. The summed E-state index contributed by atoms with van der Waals surface area (Å²) in [5, 5.41) is 11.3. The molecule has 0 aliphatic heterocycles. The van der Waals surface area contributed by atoms with Crippen molar-refractivity contribution < 1.29 is 36.6 Å². The quantitative estimate of drug-likeness (QED) is 0.0924. The molecule has 24 heteroatoms. The minimum Gasteiger partial charge on any atom is -0.447 e. The fraction of sp³-hybridized carbons (Fsp3) is 0.209. The number of hydrogen-bond acceptors (Lipinski definition) is 16. The number of nitrogen functional groups attached to an aromatic ring is 4. The van der Waals surface area contributed by atoms with Crippen molar-refractivity contribution in [3.05, 3.63) is 119 Å². The summed E-state index contributed by atoms with van der Waals surface area (Å²) in [5.41, 5.74) is 26.9. The van der Waals surface area contributed by atoms with Crippen LogP contribution in [0, 0.1) is 23.3 Å². The third-order valence-corrected chi connectivity index (χ3v) is 9.52. The van der Waals surface area contributed by atoms with Gasteiger partial charge in [0.2, 0.25) is 0 Å². The van der Waals surface area contributed by atoms with E-state index >= 15 is 0 Å². The van der Waals surface area contributed by atoms with Crippen molar-refractivity contribution in [2.75, 3.05) is 40.2 Å². The van der Waals surface area contributed by atoms with Crippen LogP contribution < -0.4 is 33.2 Å². The van der Waals surface area contributed by atoms with E-state index in [1.807, 2.05) is 0 Å². The second kappa shape index (κ2) is 19.2. The van der Waals surface area contributed by atoms with Crippen molar-refractivity contribution in [2.24, 2.45) is 0 Å². The first-order valence-electron chi connectivity index (χ1n) is 20.2. The highest BCUT2D eigenvalue weighted by molar-refractivity contribution is 5.95. The van der Waals surface area contributed by atoms with Crippen LogP contribution in [0.4, 0.5) is 61.8 Å².